The largest absolute Gasteiger partial charge is 0.493 e. The van der Waals surface area contributed by atoms with Crippen LogP contribution >= 0.6 is 0 Å². The fourth-order valence-electron chi connectivity index (χ4n) is 2.49. The highest BCUT2D eigenvalue weighted by Crippen LogP contribution is 2.28. The van der Waals surface area contributed by atoms with Gasteiger partial charge in [-0.2, -0.15) is 0 Å². The van der Waals surface area contributed by atoms with Crippen molar-refractivity contribution in [3.8, 4) is 11.5 Å². The molecule has 0 radical (unpaired) electrons. The van der Waals surface area contributed by atoms with E-state index in [-0.39, 0.29) is 6.10 Å². The summed E-state index contributed by atoms with van der Waals surface area (Å²) in [6, 6.07) is 5.96. The number of aliphatic hydroxyl groups excluding tert-OH is 1. The lowest BCUT2D eigenvalue weighted by atomic mass is 10.1. The zero-order valence-electron chi connectivity index (χ0n) is 14.0. The summed E-state index contributed by atoms with van der Waals surface area (Å²) in [5.74, 6) is 1.47. The molecular weight excluding hydrogens is 278 g/mol. The van der Waals surface area contributed by atoms with Gasteiger partial charge in [0.15, 0.2) is 11.5 Å². The maximum Gasteiger partial charge on any atom is 0.161 e. The van der Waals surface area contributed by atoms with E-state index < -0.39 is 0 Å². The van der Waals surface area contributed by atoms with Gasteiger partial charge in [0.2, 0.25) is 0 Å². The molecule has 0 aliphatic carbocycles. The van der Waals surface area contributed by atoms with Crippen molar-refractivity contribution < 1.29 is 14.6 Å². The molecule has 0 fully saturated rings. The average molecular weight is 307 g/mol. The summed E-state index contributed by atoms with van der Waals surface area (Å²) in [6.07, 6.45) is 4.20. The number of hydrogen-bond acceptors (Lipinski definition) is 4. The van der Waals surface area contributed by atoms with E-state index in [0.717, 1.165) is 49.4 Å². The van der Waals surface area contributed by atoms with E-state index in [9.17, 15) is 5.11 Å². The highest BCUT2D eigenvalue weighted by atomic mass is 16.5. The van der Waals surface area contributed by atoms with Crippen LogP contribution in [0.25, 0.3) is 0 Å². The highest BCUT2D eigenvalue weighted by Gasteiger charge is 2.12. The van der Waals surface area contributed by atoms with Crippen LogP contribution in [-0.2, 0) is 6.54 Å². The lowest BCUT2D eigenvalue weighted by molar-refractivity contribution is 0.102. The van der Waals surface area contributed by atoms with Crippen molar-refractivity contribution in [3.63, 3.8) is 0 Å². The minimum Gasteiger partial charge on any atom is -0.493 e. The Morgan fingerprint density at radius 1 is 1.27 bits per heavy atom. The van der Waals surface area contributed by atoms with Crippen LogP contribution in [-0.4, -0.2) is 43.4 Å². The molecule has 1 N–H and O–H groups in total. The fourth-order valence-corrected chi connectivity index (χ4v) is 2.49. The summed E-state index contributed by atoms with van der Waals surface area (Å²) in [4.78, 5) is 2.27. The highest BCUT2D eigenvalue weighted by molar-refractivity contribution is 5.42. The van der Waals surface area contributed by atoms with Crippen LogP contribution in [0, 0.1) is 0 Å². The molecule has 1 aromatic rings. The number of methoxy groups -OCH3 is 2. The van der Waals surface area contributed by atoms with E-state index in [1.54, 1.807) is 14.2 Å². The lowest BCUT2D eigenvalue weighted by Gasteiger charge is -2.25. The molecule has 0 heterocycles. The molecule has 0 amide bonds. The van der Waals surface area contributed by atoms with Gasteiger partial charge in [-0.15, -0.1) is 6.58 Å². The quantitative estimate of drug-likeness (QED) is 0.637. The minimum atomic E-state index is -0.315. The molecule has 4 heteroatoms. The summed E-state index contributed by atoms with van der Waals surface area (Å²) in [7, 11) is 3.28. The summed E-state index contributed by atoms with van der Waals surface area (Å²) in [6.45, 7) is 8.28. The first-order valence-corrected chi connectivity index (χ1v) is 7.86. The van der Waals surface area contributed by atoms with Gasteiger partial charge in [-0.1, -0.05) is 19.1 Å². The first kappa shape index (κ1) is 18.5. The molecule has 22 heavy (non-hydrogen) atoms. The molecule has 0 bridgehead atoms. The van der Waals surface area contributed by atoms with Gasteiger partial charge in [0, 0.05) is 13.1 Å². The van der Waals surface area contributed by atoms with Gasteiger partial charge in [0.25, 0.3) is 0 Å². The summed E-state index contributed by atoms with van der Waals surface area (Å²) < 4.78 is 10.6. The zero-order chi connectivity index (χ0) is 16.4. The first-order valence-electron chi connectivity index (χ1n) is 7.86. The van der Waals surface area contributed by atoms with Crippen molar-refractivity contribution in [2.75, 3.05) is 27.3 Å². The standard InChI is InChI=1S/C18H29NO3/c1-5-7-8-16(20)14-19(11-6-2)13-15-9-10-17(21-3)18(12-15)22-4/h5,9-10,12,16,20H,1,6-8,11,13-14H2,2-4H3. The monoisotopic (exact) mass is 307 g/mol. The number of rotatable bonds is 11. The second-order valence-electron chi connectivity index (χ2n) is 5.44. The van der Waals surface area contributed by atoms with Crippen LogP contribution in [0.1, 0.15) is 31.7 Å². The molecule has 0 aliphatic heterocycles. The number of aliphatic hydroxyl groups is 1. The molecular formula is C18H29NO3. The van der Waals surface area contributed by atoms with Crippen molar-refractivity contribution in [1.29, 1.82) is 0 Å². The Morgan fingerprint density at radius 3 is 2.59 bits per heavy atom. The van der Waals surface area contributed by atoms with Gasteiger partial charge in [-0.3, -0.25) is 4.90 Å². The molecule has 0 saturated heterocycles. The van der Waals surface area contributed by atoms with Crippen molar-refractivity contribution in [1.82, 2.24) is 4.90 Å². The molecule has 0 spiro atoms. The van der Waals surface area contributed by atoms with E-state index in [2.05, 4.69) is 18.4 Å². The van der Waals surface area contributed by atoms with E-state index in [1.807, 2.05) is 24.3 Å². The molecule has 4 nitrogen and oxygen atoms in total. The zero-order valence-corrected chi connectivity index (χ0v) is 14.0. The van der Waals surface area contributed by atoms with E-state index in [0.29, 0.717) is 6.54 Å². The Hall–Kier alpha value is -1.52. The number of allylic oxidation sites excluding steroid dienone is 1. The number of nitrogens with zero attached hydrogens (tertiary/aromatic N) is 1. The Balaban J connectivity index is 2.71. The van der Waals surface area contributed by atoms with Gasteiger partial charge < -0.3 is 14.6 Å². The normalized spacial score (nSPS) is 12.2. The summed E-state index contributed by atoms with van der Waals surface area (Å²) in [5, 5.41) is 10.1. The van der Waals surface area contributed by atoms with Crippen LogP contribution in [0.3, 0.4) is 0 Å². The minimum absolute atomic E-state index is 0.315. The third-order valence-corrected chi connectivity index (χ3v) is 3.57. The Morgan fingerprint density at radius 2 is 2.00 bits per heavy atom. The van der Waals surface area contributed by atoms with Crippen molar-refractivity contribution in [3.05, 3.63) is 36.4 Å². The van der Waals surface area contributed by atoms with E-state index >= 15 is 0 Å². The fraction of sp³-hybridized carbons (Fsp3) is 0.556. The topological polar surface area (TPSA) is 41.9 Å². The third-order valence-electron chi connectivity index (χ3n) is 3.57. The van der Waals surface area contributed by atoms with E-state index in [1.165, 1.54) is 0 Å². The number of benzene rings is 1. The molecule has 1 atom stereocenters. The smallest absolute Gasteiger partial charge is 0.161 e. The maximum atomic E-state index is 10.1. The molecule has 124 valence electrons. The van der Waals surface area contributed by atoms with Crippen molar-refractivity contribution in [2.45, 2.75) is 38.8 Å². The van der Waals surface area contributed by atoms with Crippen molar-refractivity contribution in [2.24, 2.45) is 0 Å². The molecule has 1 rings (SSSR count). The first-order chi connectivity index (χ1) is 10.6. The number of hydrogen-bond donors (Lipinski definition) is 1. The van der Waals surface area contributed by atoms with Gasteiger partial charge in [0.05, 0.1) is 20.3 Å². The maximum absolute atomic E-state index is 10.1. The molecule has 0 saturated carbocycles. The SMILES string of the molecule is C=CCCC(O)CN(CCC)Cc1ccc(OC)c(OC)c1. The van der Waals surface area contributed by atoms with Gasteiger partial charge in [0.1, 0.15) is 0 Å². The predicted octanol–water partition coefficient (Wildman–Crippen LogP) is 3.24. The molecule has 0 aliphatic rings. The van der Waals surface area contributed by atoms with E-state index in [4.69, 9.17) is 9.47 Å². The Bertz CT molecular complexity index is 448. The van der Waals surface area contributed by atoms with Crippen LogP contribution in [0.5, 0.6) is 11.5 Å². The lowest BCUT2D eigenvalue weighted by Crippen LogP contribution is -2.32. The Labute approximate surface area is 134 Å². The summed E-state index contributed by atoms with van der Waals surface area (Å²) in [5.41, 5.74) is 1.15. The third kappa shape index (κ3) is 6.08. The predicted molar refractivity (Wildman–Crippen MR) is 90.6 cm³/mol. The van der Waals surface area contributed by atoms with Crippen LogP contribution in [0.2, 0.25) is 0 Å². The summed E-state index contributed by atoms with van der Waals surface area (Å²) >= 11 is 0. The van der Waals surface area contributed by atoms with Crippen LogP contribution in [0.4, 0.5) is 0 Å². The van der Waals surface area contributed by atoms with Gasteiger partial charge in [-0.05, 0) is 43.5 Å². The Kier molecular flexibility index (Phi) is 8.63. The van der Waals surface area contributed by atoms with Crippen LogP contribution in [0.15, 0.2) is 30.9 Å². The van der Waals surface area contributed by atoms with Crippen molar-refractivity contribution >= 4 is 0 Å². The van der Waals surface area contributed by atoms with Gasteiger partial charge >= 0.3 is 0 Å². The average Bonchev–Trinajstić information content (AvgIpc) is 2.52. The van der Waals surface area contributed by atoms with Crippen LogP contribution < -0.4 is 9.47 Å². The molecule has 1 aromatic carbocycles. The number of ether oxygens (including phenoxy) is 2. The molecule has 0 aromatic heterocycles. The second kappa shape index (κ2) is 10.2. The van der Waals surface area contributed by atoms with Gasteiger partial charge in [-0.25, -0.2) is 0 Å². The second-order valence-corrected chi connectivity index (χ2v) is 5.44. The molecule has 1 unspecified atom stereocenters.